The Morgan fingerprint density at radius 3 is 2.33 bits per heavy atom. The van der Waals surface area contributed by atoms with Crippen molar-refractivity contribution in [2.45, 2.75) is 70.8 Å². The number of benzene rings is 2. The third-order valence-electron chi connectivity index (χ3n) is 9.49. The lowest BCUT2D eigenvalue weighted by Crippen LogP contribution is -2.59. The fraction of sp³-hybridized carbons (Fsp3) is 0.576. The number of morpholine rings is 1. The quantitative estimate of drug-likeness (QED) is 0.317. The summed E-state index contributed by atoms with van der Waals surface area (Å²) in [6, 6.07) is 13.6. The standard InChI is InChI=1S/C33H47N5O2/c1-32(2)13-6-17-37(18-16-32)27-10-7-25(8-11-27)30(35)28-23-26(9-12-29(28)34)31(39)36-24-33(14-4-3-5-15-33)38-19-21-40-22-20-38/h7-12,23,35H,3-6,13-22,24,34H2,1-2H3,(H,36,39). The molecule has 0 spiro atoms. The number of ether oxygens (including phenoxy) is 1. The van der Waals surface area contributed by atoms with Gasteiger partial charge in [0, 0.05) is 66.3 Å². The molecule has 2 aliphatic heterocycles. The molecule has 0 unspecified atom stereocenters. The van der Waals surface area contributed by atoms with E-state index in [0.717, 1.165) is 57.8 Å². The lowest BCUT2D eigenvalue weighted by molar-refractivity contribution is -0.0361. The van der Waals surface area contributed by atoms with Gasteiger partial charge >= 0.3 is 0 Å². The van der Waals surface area contributed by atoms with E-state index in [-0.39, 0.29) is 11.4 Å². The number of nitrogens with two attached hydrogens (primary N) is 1. The van der Waals surface area contributed by atoms with E-state index in [1.54, 1.807) is 18.2 Å². The fourth-order valence-electron chi connectivity index (χ4n) is 6.79. The van der Waals surface area contributed by atoms with Crippen LogP contribution in [0.3, 0.4) is 0 Å². The van der Waals surface area contributed by atoms with Gasteiger partial charge in [0.25, 0.3) is 5.91 Å². The third-order valence-corrected chi connectivity index (χ3v) is 9.49. The normalized spacial score (nSPS) is 21.4. The number of rotatable bonds is 7. The fourth-order valence-corrected chi connectivity index (χ4v) is 6.79. The van der Waals surface area contributed by atoms with Crippen LogP contribution in [0, 0.1) is 10.8 Å². The van der Waals surface area contributed by atoms with Gasteiger partial charge in [0.15, 0.2) is 0 Å². The molecule has 0 bridgehead atoms. The van der Waals surface area contributed by atoms with Crippen molar-refractivity contribution in [1.29, 1.82) is 5.41 Å². The minimum Gasteiger partial charge on any atom is -0.398 e. The highest BCUT2D eigenvalue weighted by molar-refractivity contribution is 6.15. The first-order valence-corrected chi connectivity index (χ1v) is 15.2. The summed E-state index contributed by atoms with van der Waals surface area (Å²) in [5.41, 5.74) is 10.7. The van der Waals surface area contributed by atoms with Crippen LogP contribution >= 0.6 is 0 Å². The van der Waals surface area contributed by atoms with E-state index in [9.17, 15) is 4.79 Å². The van der Waals surface area contributed by atoms with Crippen LogP contribution in [-0.2, 0) is 4.74 Å². The van der Waals surface area contributed by atoms with E-state index in [4.69, 9.17) is 15.9 Å². The summed E-state index contributed by atoms with van der Waals surface area (Å²) in [6.45, 7) is 10.8. The Balaban J connectivity index is 1.26. The molecule has 0 atom stereocenters. The number of nitrogens with one attached hydrogen (secondary N) is 2. The molecule has 5 rings (SSSR count). The highest BCUT2D eigenvalue weighted by Gasteiger charge is 2.39. The average Bonchev–Trinajstić information content (AvgIpc) is 3.17. The van der Waals surface area contributed by atoms with E-state index < -0.39 is 0 Å². The zero-order valence-corrected chi connectivity index (χ0v) is 24.4. The van der Waals surface area contributed by atoms with Crippen molar-refractivity contribution in [3.63, 3.8) is 0 Å². The van der Waals surface area contributed by atoms with Crippen LogP contribution in [-0.4, -0.2) is 68.0 Å². The molecule has 2 heterocycles. The summed E-state index contributed by atoms with van der Waals surface area (Å²) in [4.78, 5) is 18.4. The Morgan fingerprint density at radius 2 is 1.60 bits per heavy atom. The molecule has 40 heavy (non-hydrogen) atoms. The largest absolute Gasteiger partial charge is 0.398 e. The second-order valence-electron chi connectivity index (χ2n) is 12.8. The average molecular weight is 546 g/mol. The van der Waals surface area contributed by atoms with E-state index in [2.05, 4.69) is 41.1 Å². The molecular formula is C33H47N5O2. The Morgan fingerprint density at radius 1 is 0.900 bits per heavy atom. The van der Waals surface area contributed by atoms with E-state index in [1.807, 2.05) is 12.1 Å². The van der Waals surface area contributed by atoms with Gasteiger partial charge in [-0.15, -0.1) is 0 Å². The maximum Gasteiger partial charge on any atom is 0.251 e. The molecule has 0 radical (unpaired) electrons. The molecule has 7 heteroatoms. The smallest absolute Gasteiger partial charge is 0.251 e. The summed E-state index contributed by atoms with van der Waals surface area (Å²) >= 11 is 0. The Hall–Kier alpha value is -2.90. The molecular weight excluding hydrogens is 498 g/mol. The van der Waals surface area contributed by atoms with Crippen LogP contribution in [0.1, 0.15) is 86.7 Å². The van der Waals surface area contributed by atoms with Gasteiger partial charge in [-0.1, -0.05) is 45.2 Å². The number of carbonyl (C=O) groups is 1. The minimum atomic E-state index is -0.105. The molecule has 0 aromatic heterocycles. The van der Waals surface area contributed by atoms with Crippen LogP contribution < -0.4 is 16.0 Å². The molecule has 2 aromatic rings. The van der Waals surface area contributed by atoms with E-state index in [1.165, 1.54) is 44.2 Å². The first-order chi connectivity index (χ1) is 19.3. The molecule has 3 fully saturated rings. The number of carbonyl (C=O) groups excluding carboxylic acids is 1. The zero-order valence-electron chi connectivity index (χ0n) is 24.4. The number of anilines is 2. The zero-order chi connectivity index (χ0) is 28.2. The maximum atomic E-state index is 13.4. The van der Waals surface area contributed by atoms with Crippen LogP contribution in [0.2, 0.25) is 0 Å². The monoisotopic (exact) mass is 545 g/mol. The van der Waals surface area contributed by atoms with E-state index >= 15 is 0 Å². The SMILES string of the molecule is CC1(C)CCCN(c2ccc(C(=N)c3cc(C(=O)NCC4(N5CCOCC5)CCCCC4)ccc3N)cc2)CC1. The Bertz CT molecular complexity index is 1180. The van der Waals surface area contributed by atoms with Crippen LogP contribution in [0.15, 0.2) is 42.5 Å². The lowest BCUT2D eigenvalue weighted by Gasteiger charge is -2.48. The predicted octanol–water partition coefficient (Wildman–Crippen LogP) is 5.47. The predicted molar refractivity (Wildman–Crippen MR) is 164 cm³/mol. The van der Waals surface area contributed by atoms with Crippen molar-refractivity contribution in [2.24, 2.45) is 5.41 Å². The molecule has 2 saturated heterocycles. The molecule has 2 aromatic carbocycles. The molecule has 1 aliphatic carbocycles. The van der Waals surface area contributed by atoms with Crippen molar-refractivity contribution in [3.8, 4) is 0 Å². The molecule has 216 valence electrons. The minimum absolute atomic E-state index is 0.00586. The summed E-state index contributed by atoms with van der Waals surface area (Å²) in [5.74, 6) is -0.105. The van der Waals surface area contributed by atoms with Gasteiger partial charge in [-0.05, 0) is 67.9 Å². The van der Waals surface area contributed by atoms with Gasteiger partial charge in [-0.25, -0.2) is 0 Å². The van der Waals surface area contributed by atoms with Gasteiger partial charge in [0.2, 0.25) is 0 Å². The molecule has 1 saturated carbocycles. The summed E-state index contributed by atoms with van der Waals surface area (Å²) in [5, 5.41) is 12.2. The molecule has 1 amide bonds. The van der Waals surface area contributed by atoms with Crippen LogP contribution in [0.5, 0.6) is 0 Å². The molecule has 7 nitrogen and oxygen atoms in total. The van der Waals surface area contributed by atoms with Gasteiger partial charge in [-0.3, -0.25) is 15.1 Å². The summed E-state index contributed by atoms with van der Waals surface area (Å²) in [7, 11) is 0. The molecule has 4 N–H and O–H groups in total. The van der Waals surface area contributed by atoms with Gasteiger partial charge in [0.1, 0.15) is 0 Å². The van der Waals surface area contributed by atoms with Gasteiger partial charge < -0.3 is 20.7 Å². The van der Waals surface area contributed by atoms with Gasteiger partial charge in [-0.2, -0.15) is 0 Å². The summed E-state index contributed by atoms with van der Waals surface area (Å²) in [6.07, 6.45) is 9.51. The Kier molecular flexibility index (Phi) is 8.81. The lowest BCUT2D eigenvalue weighted by atomic mass is 9.79. The van der Waals surface area contributed by atoms with Crippen molar-refractivity contribution >= 4 is 23.0 Å². The number of amides is 1. The van der Waals surface area contributed by atoms with Crippen molar-refractivity contribution < 1.29 is 9.53 Å². The second-order valence-corrected chi connectivity index (χ2v) is 12.8. The van der Waals surface area contributed by atoms with Crippen molar-refractivity contribution in [3.05, 3.63) is 59.2 Å². The highest BCUT2D eigenvalue weighted by Crippen LogP contribution is 2.34. The van der Waals surface area contributed by atoms with Crippen LogP contribution in [0.25, 0.3) is 0 Å². The number of hydrogen-bond donors (Lipinski definition) is 3. The number of hydrogen-bond acceptors (Lipinski definition) is 6. The number of nitrogens with zero attached hydrogens (tertiary/aromatic N) is 2. The number of nitrogen functional groups attached to an aromatic ring is 1. The molecule has 3 aliphatic rings. The van der Waals surface area contributed by atoms with Gasteiger partial charge in [0.05, 0.1) is 18.9 Å². The van der Waals surface area contributed by atoms with E-state index in [0.29, 0.717) is 34.5 Å². The topological polar surface area (TPSA) is 94.7 Å². The van der Waals surface area contributed by atoms with Crippen molar-refractivity contribution in [2.75, 3.05) is 56.6 Å². The summed E-state index contributed by atoms with van der Waals surface area (Å²) < 4.78 is 5.60. The maximum absolute atomic E-state index is 13.4. The first kappa shape index (κ1) is 28.6. The third kappa shape index (κ3) is 6.52. The van der Waals surface area contributed by atoms with Crippen molar-refractivity contribution in [1.82, 2.24) is 10.2 Å². The first-order valence-electron chi connectivity index (χ1n) is 15.2. The van der Waals surface area contributed by atoms with Crippen LogP contribution in [0.4, 0.5) is 11.4 Å². The highest BCUT2D eigenvalue weighted by atomic mass is 16.5. The second kappa shape index (κ2) is 12.3. The Labute approximate surface area is 240 Å².